The fourth-order valence-corrected chi connectivity index (χ4v) is 3.84. The number of aromatic nitrogens is 3. The molecule has 146 valence electrons. The van der Waals surface area contributed by atoms with Gasteiger partial charge >= 0.3 is 0 Å². The Hall–Kier alpha value is -3.53. The summed E-state index contributed by atoms with van der Waals surface area (Å²) in [6, 6.07) is 9.33. The fraction of sp³-hybridized carbons (Fsp3) is 0.158. The molecule has 1 saturated heterocycles. The molecule has 0 radical (unpaired) electrons. The molecule has 1 N–H and O–H groups in total. The number of hydrogen-bond donors (Lipinski definition) is 1. The molecule has 3 aromatic rings. The van der Waals surface area contributed by atoms with Crippen molar-refractivity contribution in [3.8, 4) is 0 Å². The molecule has 1 aromatic carbocycles. The molecule has 0 spiro atoms. The summed E-state index contributed by atoms with van der Waals surface area (Å²) in [5.41, 5.74) is 1.32. The maximum Gasteiger partial charge on any atom is 0.243 e. The fourth-order valence-electron chi connectivity index (χ4n) is 2.69. The average Bonchev–Trinajstić information content (AvgIpc) is 3.34. The number of thioether (sulfide) groups is 1. The number of rotatable bonds is 6. The van der Waals surface area contributed by atoms with Crippen molar-refractivity contribution < 1.29 is 14.0 Å². The summed E-state index contributed by atoms with van der Waals surface area (Å²) in [5, 5.41) is 2.57. The molecular weight excluding hydrogens is 392 g/mol. The largest absolute Gasteiger partial charge is 0.451 e. The molecule has 29 heavy (non-hydrogen) atoms. The van der Waals surface area contributed by atoms with Gasteiger partial charge in [0.25, 0.3) is 0 Å². The minimum Gasteiger partial charge on any atom is -0.451 e. The average molecular weight is 408 g/mol. The number of carbonyl (C=O) groups excluding carboxylic acids is 2. The molecule has 2 amide bonds. The predicted octanol–water partition coefficient (Wildman–Crippen LogP) is 2.63. The quantitative estimate of drug-likeness (QED) is 0.667. The first kappa shape index (κ1) is 18.8. The SMILES string of the molecule is O=C(CC1SC(=Nc2ccccc2)N(Cc2cocn2)C1=O)Nc1cnccn1. The summed E-state index contributed by atoms with van der Waals surface area (Å²) in [7, 11) is 0. The van der Waals surface area contributed by atoms with Gasteiger partial charge in [0.1, 0.15) is 11.5 Å². The van der Waals surface area contributed by atoms with Gasteiger partial charge in [-0.15, -0.1) is 0 Å². The lowest BCUT2D eigenvalue weighted by Gasteiger charge is -2.14. The predicted molar refractivity (Wildman–Crippen MR) is 107 cm³/mol. The van der Waals surface area contributed by atoms with E-state index in [2.05, 4.69) is 25.3 Å². The number of aliphatic imine (C=N–C) groups is 1. The Bertz CT molecular complexity index is 1010. The van der Waals surface area contributed by atoms with Crippen molar-refractivity contribution in [2.45, 2.75) is 18.2 Å². The number of nitrogens with zero attached hydrogens (tertiary/aromatic N) is 5. The number of carbonyl (C=O) groups is 2. The zero-order chi connectivity index (χ0) is 20.1. The molecule has 9 nitrogen and oxygen atoms in total. The Kier molecular flexibility index (Phi) is 5.61. The van der Waals surface area contributed by atoms with Crippen LogP contribution in [0.2, 0.25) is 0 Å². The summed E-state index contributed by atoms with van der Waals surface area (Å²) < 4.78 is 5.00. The van der Waals surface area contributed by atoms with Crippen molar-refractivity contribution in [3.05, 3.63) is 67.3 Å². The van der Waals surface area contributed by atoms with Crippen LogP contribution in [0.3, 0.4) is 0 Å². The van der Waals surface area contributed by atoms with E-state index in [1.807, 2.05) is 30.3 Å². The second kappa shape index (κ2) is 8.65. The summed E-state index contributed by atoms with van der Waals surface area (Å²) in [4.78, 5) is 43.5. The van der Waals surface area contributed by atoms with E-state index in [0.29, 0.717) is 16.7 Å². The van der Waals surface area contributed by atoms with Crippen LogP contribution in [-0.2, 0) is 16.1 Å². The molecule has 2 aromatic heterocycles. The highest BCUT2D eigenvalue weighted by Gasteiger charge is 2.39. The Morgan fingerprint density at radius 1 is 1.24 bits per heavy atom. The van der Waals surface area contributed by atoms with Crippen LogP contribution < -0.4 is 5.32 Å². The number of para-hydroxylation sites is 1. The third-order valence-corrected chi connectivity index (χ3v) is 5.18. The standard InChI is InChI=1S/C19H16N6O3S/c26-17(24-16-9-20-6-7-21-16)8-15-18(27)25(10-14-11-28-12-22-14)19(29-15)23-13-4-2-1-3-5-13/h1-7,9,11-12,15H,8,10H2,(H,21,24,26). The van der Waals surface area contributed by atoms with Crippen LogP contribution in [0.25, 0.3) is 0 Å². The molecule has 1 aliphatic heterocycles. The lowest BCUT2D eigenvalue weighted by Crippen LogP contribution is -2.33. The van der Waals surface area contributed by atoms with E-state index in [1.54, 1.807) is 0 Å². The zero-order valence-electron chi connectivity index (χ0n) is 15.1. The second-order valence-electron chi connectivity index (χ2n) is 6.08. The van der Waals surface area contributed by atoms with Crippen molar-refractivity contribution in [2.24, 2.45) is 4.99 Å². The first-order valence-corrected chi connectivity index (χ1v) is 9.62. The summed E-state index contributed by atoms with van der Waals surface area (Å²) in [6.07, 6.45) is 7.22. The smallest absolute Gasteiger partial charge is 0.243 e. The van der Waals surface area contributed by atoms with Gasteiger partial charge in [0.2, 0.25) is 11.8 Å². The minimum absolute atomic E-state index is 0.0107. The number of oxazole rings is 1. The van der Waals surface area contributed by atoms with Gasteiger partial charge in [-0.1, -0.05) is 30.0 Å². The molecule has 0 saturated carbocycles. The van der Waals surface area contributed by atoms with Gasteiger partial charge in [-0.2, -0.15) is 0 Å². The molecule has 3 heterocycles. The highest BCUT2D eigenvalue weighted by atomic mass is 32.2. The van der Waals surface area contributed by atoms with Crippen LogP contribution in [0.4, 0.5) is 11.5 Å². The topological polar surface area (TPSA) is 114 Å². The number of amides is 2. The maximum absolute atomic E-state index is 13.0. The highest BCUT2D eigenvalue weighted by molar-refractivity contribution is 8.15. The van der Waals surface area contributed by atoms with Crippen molar-refractivity contribution in [3.63, 3.8) is 0 Å². The Balaban J connectivity index is 1.52. The minimum atomic E-state index is -0.596. The third-order valence-electron chi connectivity index (χ3n) is 4.01. The molecule has 0 bridgehead atoms. The van der Waals surface area contributed by atoms with Crippen molar-refractivity contribution in [1.82, 2.24) is 19.9 Å². The summed E-state index contributed by atoms with van der Waals surface area (Å²) in [6.45, 7) is 0.219. The lowest BCUT2D eigenvalue weighted by molar-refractivity contribution is -0.128. The van der Waals surface area contributed by atoms with Crippen LogP contribution in [0.15, 0.2) is 71.0 Å². The summed E-state index contributed by atoms with van der Waals surface area (Å²) >= 11 is 1.25. The molecule has 1 fully saturated rings. The van der Waals surface area contributed by atoms with E-state index < -0.39 is 5.25 Å². The van der Waals surface area contributed by atoms with E-state index in [9.17, 15) is 9.59 Å². The summed E-state index contributed by atoms with van der Waals surface area (Å²) in [5.74, 6) is -0.189. The molecule has 1 atom stereocenters. The van der Waals surface area contributed by atoms with E-state index in [1.165, 1.54) is 47.9 Å². The number of hydrogen-bond acceptors (Lipinski definition) is 8. The van der Waals surface area contributed by atoms with Gasteiger partial charge in [0.15, 0.2) is 17.4 Å². The first-order chi connectivity index (χ1) is 14.2. The van der Waals surface area contributed by atoms with Gasteiger partial charge in [0, 0.05) is 18.8 Å². The van der Waals surface area contributed by atoms with Gasteiger partial charge in [-0.3, -0.25) is 19.5 Å². The highest BCUT2D eigenvalue weighted by Crippen LogP contribution is 2.32. The van der Waals surface area contributed by atoms with Crippen LogP contribution in [-0.4, -0.2) is 42.1 Å². The number of anilines is 1. The van der Waals surface area contributed by atoms with Crippen molar-refractivity contribution in [2.75, 3.05) is 5.32 Å². The molecule has 4 rings (SSSR count). The number of benzene rings is 1. The molecular formula is C19H16N6O3S. The number of amidine groups is 1. The second-order valence-corrected chi connectivity index (χ2v) is 7.25. The van der Waals surface area contributed by atoms with E-state index >= 15 is 0 Å². The molecule has 1 unspecified atom stereocenters. The molecule has 1 aliphatic rings. The van der Waals surface area contributed by atoms with E-state index in [-0.39, 0.29) is 24.8 Å². The van der Waals surface area contributed by atoms with Crippen LogP contribution in [0.5, 0.6) is 0 Å². The van der Waals surface area contributed by atoms with Crippen LogP contribution in [0.1, 0.15) is 12.1 Å². The van der Waals surface area contributed by atoms with E-state index in [0.717, 1.165) is 5.69 Å². The van der Waals surface area contributed by atoms with Crippen molar-refractivity contribution >= 4 is 40.2 Å². The van der Waals surface area contributed by atoms with Gasteiger partial charge in [-0.25, -0.2) is 15.0 Å². The Morgan fingerprint density at radius 3 is 2.83 bits per heavy atom. The van der Waals surface area contributed by atoms with Gasteiger partial charge in [0.05, 0.1) is 24.1 Å². The van der Waals surface area contributed by atoms with Crippen molar-refractivity contribution in [1.29, 1.82) is 0 Å². The maximum atomic E-state index is 13.0. The monoisotopic (exact) mass is 408 g/mol. The van der Waals surface area contributed by atoms with Gasteiger partial charge < -0.3 is 9.73 Å². The lowest BCUT2D eigenvalue weighted by atomic mass is 10.2. The Morgan fingerprint density at radius 2 is 2.10 bits per heavy atom. The van der Waals surface area contributed by atoms with Gasteiger partial charge in [-0.05, 0) is 12.1 Å². The van der Waals surface area contributed by atoms with Crippen LogP contribution in [0, 0.1) is 0 Å². The van der Waals surface area contributed by atoms with Crippen LogP contribution >= 0.6 is 11.8 Å². The van der Waals surface area contributed by atoms with E-state index in [4.69, 9.17) is 4.42 Å². The number of nitrogens with one attached hydrogen (secondary N) is 1. The molecule has 10 heteroatoms. The normalized spacial score (nSPS) is 17.7. The Labute approximate surface area is 170 Å². The third kappa shape index (κ3) is 4.66. The first-order valence-electron chi connectivity index (χ1n) is 8.74. The zero-order valence-corrected chi connectivity index (χ0v) is 16.0. The molecule has 0 aliphatic carbocycles.